The van der Waals surface area contributed by atoms with Crippen LogP contribution in [0.4, 0.5) is 5.82 Å². The number of nitrogens with zero attached hydrogens (tertiary/aromatic N) is 3. The lowest BCUT2D eigenvalue weighted by Crippen LogP contribution is -2.41. The highest BCUT2D eigenvalue weighted by atomic mass is 127. The molecule has 7 heteroatoms. The van der Waals surface area contributed by atoms with Crippen molar-refractivity contribution in [3.63, 3.8) is 0 Å². The summed E-state index contributed by atoms with van der Waals surface area (Å²) in [5.74, 6) is 2.59. The van der Waals surface area contributed by atoms with Gasteiger partial charge in [-0.05, 0) is 30.9 Å². The van der Waals surface area contributed by atoms with Gasteiger partial charge < -0.3 is 20.3 Å². The van der Waals surface area contributed by atoms with Gasteiger partial charge in [-0.15, -0.1) is 24.0 Å². The van der Waals surface area contributed by atoms with Crippen molar-refractivity contribution in [3.05, 3.63) is 23.9 Å². The molecule has 0 bridgehead atoms. The van der Waals surface area contributed by atoms with Gasteiger partial charge in [0.05, 0.1) is 12.7 Å². The largest absolute Gasteiger partial charge is 0.375 e. The molecule has 1 saturated heterocycles. The lowest BCUT2D eigenvalue weighted by atomic mass is 9.99. The highest BCUT2D eigenvalue weighted by Gasteiger charge is 2.17. The van der Waals surface area contributed by atoms with Crippen molar-refractivity contribution in [3.8, 4) is 0 Å². The van der Waals surface area contributed by atoms with Crippen LogP contribution in [0.25, 0.3) is 0 Å². The van der Waals surface area contributed by atoms with Crippen molar-refractivity contribution in [2.45, 2.75) is 59.1 Å². The predicted octanol–water partition coefficient (Wildman–Crippen LogP) is 3.81. The molecule has 2 rings (SSSR count). The highest BCUT2D eigenvalue weighted by Crippen LogP contribution is 2.15. The fourth-order valence-electron chi connectivity index (χ4n) is 3.33. The van der Waals surface area contributed by atoms with Gasteiger partial charge >= 0.3 is 0 Å². The van der Waals surface area contributed by atoms with E-state index in [2.05, 4.69) is 58.4 Å². The molecule has 0 radical (unpaired) electrons. The van der Waals surface area contributed by atoms with Gasteiger partial charge in [-0.2, -0.15) is 0 Å². The number of halogens is 1. The summed E-state index contributed by atoms with van der Waals surface area (Å²) >= 11 is 0. The molecule has 0 saturated carbocycles. The zero-order chi connectivity index (χ0) is 19.5. The summed E-state index contributed by atoms with van der Waals surface area (Å²) in [6.07, 6.45) is 7.26. The Morgan fingerprint density at radius 1 is 1.36 bits per heavy atom. The van der Waals surface area contributed by atoms with Gasteiger partial charge in [0.25, 0.3) is 0 Å². The van der Waals surface area contributed by atoms with Crippen molar-refractivity contribution >= 4 is 35.8 Å². The van der Waals surface area contributed by atoms with E-state index in [9.17, 15) is 0 Å². The summed E-state index contributed by atoms with van der Waals surface area (Å²) in [5.41, 5.74) is 1.15. The number of morpholine rings is 1. The quantitative estimate of drug-likeness (QED) is 0.305. The molecule has 1 aliphatic heterocycles. The molecular formula is C21H38IN5O. The van der Waals surface area contributed by atoms with E-state index in [0.29, 0.717) is 5.92 Å². The summed E-state index contributed by atoms with van der Waals surface area (Å²) in [4.78, 5) is 11.3. The lowest BCUT2D eigenvalue weighted by molar-refractivity contribution is 0.0529. The van der Waals surface area contributed by atoms with Crippen LogP contribution in [0.1, 0.15) is 52.0 Å². The van der Waals surface area contributed by atoms with Crippen LogP contribution >= 0.6 is 24.0 Å². The number of aliphatic imine (C=N–C) groups is 1. The Balaban J connectivity index is 0.00000392. The number of ether oxygens (including phenoxy) is 1. The van der Waals surface area contributed by atoms with E-state index in [4.69, 9.17) is 4.74 Å². The molecule has 2 unspecified atom stereocenters. The fraction of sp³-hybridized carbons (Fsp3) is 0.714. The molecule has 160 valence electrons. The minimum absolute atomic E-state index is 0. The third-order valence-electron chi connectivity index (χ3n) is 5.16. The van der Waals surface area contributed by atoms with Gasteiger partial charge in [-0.25, -0.2) is 4.98 Å². The van der Waals surface area contributed by atoms with E-state index >= 15 is 0 Å². The van der Waals surface area contributed by atoms with Crippen molar-refractivity contribution in [2.24, 2.45) is 10.9 Å². The first kappa shape index (κ1) is 24.9. The summed E-state index contributed by atoms with van der Waals surface area (Å²) in [7, 11) is 1.82. The molecule has 28 heavy (non-hydrogen) atoms. The Bertz CT molecular complexity index is 566. The lowest BCUT2D eigenvalue weighted by Gasteiger charge is -2.32. The zero-order valence-electron chi connectivity index (χ0n) is 17.9. The number of pyridine rings is 1. The first-order chi connectivity index (χ1) is 13.2. The van der Waals surface area contributed by atoms with Crippen LogP contribution in [-0.2, 0) is 11.3 Å². The van der Waals surface area contributed by atoms with Gasteiger partial charge in [0.15, 0.2) is 5.96 Å². The van der Waals surface area contributed by atoms with E-state index in [1.54, 1.807) is 0 Å². The van der Waals surface area contributed by atoms with Gasteiger partial charge in [-0.1, -0.05) is 39.2 Å². The average molecular weight is 503 g/mol. The molecule has 0 aliphatic carbocycles. The number of aromatic nitrogens is 1. The molecular weight excluding hydrogens is 465 g/mol. The molecule has 1 aromatic heterocycles. The Hall–Kier alpha value is -1.09. The van der Waals surface area contributed by atoms with Crippen molar-refractivity contribution in [1.82, 2.24) is 15.6 Å². The van der Waals surface area contributed by atoms with Crippen molar-refractivity contribution < 1.29 is 4.74 Å². The monoisotopic (exact) mass is 503 g/mol. The molecule has 1 aliphatic rings. The van der Waals surface area contributed by atoms with Crippen LogP contribution < -0.4 is 15.5 Å². The van der Waals surface area contributed by atoms with Crippen LogP contribution in [-0.4, -0.2) is 50.3 Å². The number of unbranched alkanes of at least 4 members (excludes halogenated alkanes) is 1. The average Bonchev–Trinajstić information content (AvgIpc) is 2.70. The first-order valence-electron chi connectivity index (χ1n) is 10.4. The summed E-state index contributed by atoms with van der Waals surface area (Å²) in [6, 6.07) is 4.24. The van der Waals surface area contributed by atoms with Crippen LogP contribution in [0.5, 0.6) is 0 Å². The summed E-state index contributed by atoms with van der Waals surface area (Å²) < 4.78 is 5.60. The second-order valence-electron chi connectivity index (χ2n) is 7.38. The van der Waals surface area contributed by atoms with E-state index in [1.807, 2.05) is 13.2 Å². The molecule has 1 fully saturated rings. The Morgan fingerprint density at radius 3 is 2.79 bits per heavy atom. The number of hydrogen-bond acceptors (Lipinski definition) is 4. The first-order valence-corrected chi connectivity index (χ1v) is 10.4. The molecule has 2 heterocycles. The maximum atomic E-state index is 5.60. The Labute approximate surface area is 187 Å². The molecule has 2 N–H and O–H groups in total. The summed E-state index contributed by atoms with van der Waals surface area (Å²) in [6.45, 7) is 10.9. The number of anilines is 1. The van der Waals surface area contributed by atoms with Gasteiger partial charge in [0, 0.05) is 39.4 Å². The Morgan fingerprint density at radius 2 is 2.18 bits per heavy atom. The third-order valence-corrected chi connectivity index (χ3v) is 5.16. The zero-order valence-corrected chi connectivity index (χ0v) is 20.2. The van der Waals surface area contributed by atoms with Gasteiger partial charge in [0.2, 0.25) is 0 Å². The van der Waals surface area contributed by atoms with Crippen LogP contribution in [0.15, 0.2) is 23.3 Å². The number of rotatable bonds is 9. The Kier molecular flexibility index (Phi) is 12.5. The smallest absolute Gasteiger partial charge is 0.191 e. The topological polar surface area (TPSA) is 61.8 Å². The minimum Gasteiger partial charge on any atom is -0.375 e. The molecule has 0 spiro atoms. The SMILES string of the molecule is CCCCC(CC)CNC(=NC)NCc1ccc(N2CCOC(C)C2)nc1.I. The normalized spacial score (nSPS) is 18.4. The van der Waals surface area contributed by atoms with Crippen LogP contribution in [0.2, 0.25) is 0 Å². The maximum Gasteiger partial charge on any atom is 0.191 e. The van der Waals surface area contributed by atoms with E-state index < -0.39 is 0 Å². The summed E-state index contributed by atoms with van der Waals surface area (Å²) in [5, 5.41) is 6.86. The second kappa shape index (κ2) is 14.0. The van der Waals surface area contributed by atoms with E-state index in [0.717, 1.165) is 50.1 Å². The predicted molar refractivity (Wildman–Crippen MR) is 129 cm³/mol. The minimum atomic E-state index is 0. The van der Waals surface area contributed by atoms with Gasteiger partial charge in [0.1, 0.15) is 5.82 Å². The van der Waals surface area contributed by atoms with Crippen molar-refractivity contribution in [1.29, 1.82) is 0 Å². The molecule has 0 aromatic carbocycles. The fourth-order valence-corrected chi connectivity index (χ4v) is 3.33. The molecule has 6 nitrogen and oxygen atoms in total. The van der Waals surface area contributed by atoms with E-state index in [-0.39, 0.29) is 30.1 Å². The standard InChI is InChI=1S/C21H37N5O.HI/c1-5-7-8-18(6-2)13-24-21(22-4)25-15-19-9-10-20(23-14-19)26-11-12-27-17(3)16-26;/h9-10,14,17-18H,5-8,11-13,15-16H2,1-4H3,(H2,22,24,25);1H. The third kappa shape index (κ3) is 8.51. The molecule has 2 atom stereocenters. The van der Waals surface area contributed by atoms with Crippen LogP contribution in [0, 0.1) is 5.92 Å². The van der Waals surface area contributed by atoms with Crippen molar-refractivity contribution in [2.75, 3.05) is 38.2 Å². The maximum absolute atomic E-state index is 5.60. The molecule has 0 amide bonds. The highest BCUT2D eigenvalue weighted by molar-refractivity contribution is 14.0. The second-order valence-corrected chi connectivity index (χ2v) is 7.38. The van der Waals surface area contributed by atoms with Crippen LogP contribution in [0.3, 0.4) is 0 Å². The molecule has 1 aromatic rings. The number of nitrogens with one attached hydrogen (secondary N) is 2. The number of guanidine groups is 1. The van der Waals surface area contributed by atoms with Gasteiger partial charge in [-0.3, -0.25) is 4.99 Å². The van der Waals surface area contributed by atoms with E-state index in [1.165, 1.54) is 25.7 Å². The number of hydrogen-bond donors (Lipinski definition) is 2.